The summed E-state index contributed by atoms with van der Waals surface area (Å²) in [4.78, 5) is 46.3. The van der Waals surface area contributed by atoms with Crippen molar-refractivity contribution >= 4 is 18.0 Å². The lowest BCUT2D eigenvalue weighted by Gasteiger charge is -2.30. The molecule has 9 heteroatoms. The second kappa shape index (κ2) is 10.6. The summed E-state index contributed by atoms with van der Waals surface area (Å²) < 4.78 is 10.2. The van der Waals surface area contributed by atoms with Gasteiger partial charge in [0, 0.05) is 31.8 Å². The van der Waals surface area contributed by atoms with Gasteiger partial charge in [-0.25, -0.2) is 14.6 Å². The van der Waals surface area contributed by atoms with E-state index < -0.39 is 35.7 Å². The number of rotatable bonds is 8. The molecule has 2 rings (SSSR count). The van der Waals surface area contributed by atoms with Crippen LogP contribution in [0.4, 0.5) is 4.79 Å². The second-order valence-electron chi connectivity index (χ2n) is 8.16. The summed E-state index contributed by atoms with van der Waals surface area (Å²) >= 11 is 0. The molecule has 1 heterocycles. The summed E-state index contributed by atoms with van der Waals surface area (Å²) in [7, 11) is 2.77. The molecule has 2 N–H and O–H groups in total. The Morgan fingerprint density at radius 3 is 2.39 bits per heavy atom. The van der Waals surface area contributed by atoms with Crippen LogP contribution in [0.1, 0.15) is 32.0 Å². The van der Waals surface area contributed by atoms with Crippen LogP contribution in [-0.2, 0) is 31.9 Å². The van der Waals surface area contributed by atoms with Crippen molar-refractivity contribution in [1.82, 2.24) is 20.2 Å². The zero-order valence-electron chi connectivity index (χ0n) is 18.5. The van der Waals surface area contributed by atoms with E-state index in [2.05, 4.69) is 15.3 Å². The van der Waals surface area contributed by atoms with Crippen LogP contribution in [0.25, 0.3) is 0 Å². The van der Waals surface area contributed by atoms with Crippen LogP contribution in [0.3, 0.4) is 0 Å². The van der Waals surface area contributed by atoms with Gasteiger partial charge in [0.1, 0.15) is 17.7 Å². The standard InChI is InChI=1S/C22H30N4O5/c1-22(2,3)31-21(29)25-17(11-15-9-7-6-8-10-15)19(27)26(4)18(20(28)30-5)12-16-13-23-14-24-16/h6-10,13-14,17-18H,11-12H2,1-5H3,(H,23,24)(H,25,29)/t17-,18-/m0/s1. The fraction of sp³-hybridized carbons (Fsp3) is 0.455. The molecule has 0 saturated heterocycles. The van der Waals surface area contributed by atoms with Gasteiger partial charge < -0.3 is 24.7 Å². The number of imidazole rings is 1. The highest BCUT2D eigenvalue weighted by molar-refractivity contribution is 5.90. The first-order valence-corrected chi connectivity index (χ1v) is 9.96. The molecule has 1 aromatic heterocycles. The quantitative estimate of drug-likeness (QED) is 0.620. The van der Waals surface area contributed by atoms with Gasteiger partial charge >= 0.3 is 12.1 Å². The Labute approximate surface area is 182 Å². The number of aromatic amines is 1. The minimum atomic E-state index is -0.934. The van der Waals surface area contributed by atoms with Crippen molar-refractivity contribution in [3.8, 4) is 0 Å². The lowest BCUT2D eigenvalue weighted by Crippen LogP contribution is -2.54. The first-order valence-electron chi connectivity index (χ1n) is 9.96. The van der Waals surface area contributed by atoms with Gasteiger partial charge in [-0.05, 0) is 26.3 Å². The largest absolute Gasteiger partial charge is 0.467 e. The molecular formula is C22H30N4O5. The number of esters is 1. The van der Waals surface area contributed by atoms with Crippen molar-refractivity contribution in [3.05, 3.63) is 54.1 Å². The summed E-state index contributed by atoms with van der Waals surface area (Å²) in [5, 5.41) is 2.65. The number of alkyl carbamates (subject to hydrolysis) is 1. The molecule has 1 aromatic carbocycles. The van der Waals surface area contributed by atoms with Crippen LogP contribution in [0.2, 0.25) is 0 Å². The smallest absolute Gasteiger partial charge is 0.408 e. The van der Waals surface area contributed by atoms with E-state index in [1.165, 1.54) is 25.4 Å². The number of carbonyl (C=O) groups is 3. The average Bonchev–Trinajstić information content (AvgIpc) is 3.22. The van der Waals surface area contributed by atoms with Crippen LogP contribution in [-0.4, -0.2) is 64.7 Å². The maximum Gasteiger partial charge on any atom is 0.408 e. The summed E-state index contributed by atoms with van der Waals surface area (Å²) in [5.41, 5.74) is 0.814. The highest BCUT2D eigenvalue weighted by Crippen LogP contribution is 2.13. The zero-order chi connectivity index (χ0) is 23.0. The van der Waals surface area contributed by atoms with Crippen LogP contribution >= 0.6 is 0 Å². The van der Waals surface area contributed by atoms with Crippen molar-refractivity contribution in [1.29, 1.82) is 0 Å². The van der Waals surface area contributed by atoms with Gasteiger partial charge in [0.05, 0.1) is 13.4 Å². The highest BCUT2D eigenvalue weighted by atomic mass is 16.6. The van der Waals surface area contributed by atoms with Crippen LogP contribution in [0, 0.1) is 0 Å². The number of hydrogen-bond donors (Lipinski definition) is 2. The summed E-state index contributed by atoms with van der Waals surface area (Å²) in [6, 6.07) is 7.46. The van der Waals surface area contributed by atoms with Crippen molar-refractivity contribution in [2.24, 2.45) is 0 Å². The maximum absolute atomic E-state index is 13.4. The average molecular weight is 431 g/mol. The first kappa shape index (κ1) is 23.9. The van der Waals surface area contributed by atoms with E-state index in [4.69, 9.17) is 9.47 Å². The van der Waals surface area contributed by atoms with Gasteiger partial charge in [-0.1, -0.05) is 30.3 Å². The number of nitrogens with zero attached hydrogens (tertiary/aromatic N) is 2. The second-order valence-corrected chi connectivity index (χ2v) is 8.16. The summed E-state index contributed by atoms with van der Waals surface area (Å²) in [5.74, 6) is -1.01. The predicted molar refractivity (Wildman–Crippen MR) is 114 cm³/mol. The molecule has 0 aliphatic rings. The third kappa shape index (κ3) is 7.44. The Kier molecular flexibility index (Phi) is 8.18. The summed E-state index contributed by atoms with van der Waals surface area (Å²) in [6.07, 6.45) is 2.79. The minimum absolute atomic E-state index is 0.194. The molecule has 0 radical (unpaired) electrons. The normalized spacial score (nSPS) is 13.1. The number of amides is 2. The third-order valence-corrected chi connectivity index (χ3v) is 4.53. The molecule has 2 atom stereocenters. The third-order valence-electron chi connectivity index (χ3n) is 4.53. The van der Waals surface area contributed by atoms with Crippen LogP contribution in [0.15, 0.2) is 42.9 Å². The van der Waals surface area contributed by atoms with Crippen molar-refractivity contribution in [2.45, 2.75) is 51.3 Å². The first-order chi connectivity index (χ1) is 14.6. The predicted octanol–water partition coefficient (Wildman–Crippen LogP) is 2.09. The van der Waals surface area contributed by atoms with E-state index in [1.54, 1.807) is 27.0 Å². The minimum Gasteiger partial charge on any atom is -0.467 e. The van der Waals surface area contributed by atoms with Gasteiger partial charge in [-0.2, -0.15) is 0 Å². The number of aromatic nitrogens is 2. The number of nitrogens with one attached hydrogen (secondary N) is 2. The van der Waals surface area contributed by atoms with E-state index in [0.29, 0.717) is 5.69 Å². The molecular weight excluding hydrogens is 400 g/mol. The highest BCUT2D eigenvalue weighted by Gasteiger charge is 2.34. The van der Waals surface area contributed by atoms with Gasteiger partial charge in [0.25, 0.3) is 0 Å². The molecule has 9 nitrogen and oxygen atoms in total. The number of benzene rings is 1. The van der Waals surface area contributed by atoms with Crippen LogP contribution < -0.4 is 5.32 Å². The zero-order valence-corrected chi connectivity index (χ0v) is 18.5. The van der Waals surface area contributed by atoms with Crippen molar-refractivity contribution < 1.29 is 23.9 Å². The number of methoxy groups -OCH3 is 1. The van der Waals surface area contributed by atoms with Gasteiger partial charge in [0.2, 0.25) is 5.91 Å². The molecule has 0 fully saturated rings. The fourth-order valence-electron chi connectivity index (χ4n) is 3.02. The van der Waals surface area contributed by atoms with E-state index in [-0.39, 0.29) is 12.8 Å². The Balaban J connectivity index is 2.25. The Morgan fingerprint density at radius 2 is 1.84 bits per heavy atom. The molecule has 2 amide bonds. The monoisotopic (exact) mass is 430 g/mol. The molecule has 168 valence electrons. The number of hydrogen-bond acceptors (Lipinski definition) is 6. The van der Waals surface area contributed by atoms with Crippen molar-refractivity contribution in [3.63, 3.8) is 0 Å². The molecule has 0 aliphatic heterocycles. The molecule has 2 aromatic rings. The van der Waals surface area contributed by atoms with Gasteiger partial charge in [0.15, 0.2) is 0 Å². The molecule has 0 bridgehead atoms. The number of H-pyrrole nitrogens is 1. The Hall–Kier alpha value is -3.36. The fourth-order valence-corrected chi connectivity index (χ4v) is 3.02. The molecule has 31 heavy (non-hydrogen) atoms. The number of likely N-dealkylation sites (N-methyl/N-ethyl adjacent to an activating group) is 1. The molecule has 0 aliphatic carbocycles. The molecule has 0 saturated carbocycles. The van der Waals surface area contributed by atoms with E-state index in [1.807, 2.05) is 30.3 Å². The van der Waals surface area contributed by atoms with Gasteiger partial charge in [-0.15, -0.1) is 0 Å². The van der Waals surface area contributed by atoms with Gasteiger partial charge in [-0.3, -0.25) is 4.79 Å². The maximum atomic E-state index is 13.4. The van der Waals surface area contributed by atoms with E-state index >= 15 is 0 Å². The number of ether oxygens (including phenoxy) is 2. The lowest BCUT2D eigenvalue weighted by molar-refractivity contribution is -0.152. The Bertz CT molecular complexity index is 862. The number of carbonyl (C=O) groups excluding carboxylic acids is 3. The Morgan fingerprint density at radius 1 is 1.16 bits per heavy atom. The topological polar surface area (TPSA) is 114 Å². The van der Waals surface area contributed by atoms with E-state index in [9.17, 15) is 14.4 Å². The molecule has 0 spiro atoms. The van der Waals surface area contributed by atoms with E-state index in [0.717, 1.165) is 5.56 Å². The van der Waals surface area contributed by atoms with Crippen molar-refractivity contribution in [2.75, 3.05) is 14.2 Å². The molecule has 0 unspecified atom stereocenters. The lowest BCUT2D eigenvalue weighted by atomic mass is 10.0. The summed E-state index contributed by atoms with van der Waals surface area (Å²) in [6.45, 7) is 5.22. The van der Waals surface area contributed by atoms with Crippen LogP contribution in [0.5, 0.6) is 0 Å². The SMILES string of the molecule is COC(=O)[C@H](Cc1cnc[nH]1)N(C)C(=O)[C@H](Cc1ccccc1)NC(=O)OC(C)(C)C.